The molecule has 0 radical (unpaired) electrons. The summed E-state index contributed by atoms with van der Waals surface area (Å²) in [6.07, 6.45) is -11.2. The van der Waals surface area contributed by atoms with Crippen LogP contribution < -0.4 is 0 Å². The molecule has 0 unspecified atom stereocenters. The van der Waals surface area contributed by atoms with Crippen molar-refractivity contribution < 1.29 is 59.8 Å². The van der Waals surface area contributed by atoms with E-state index in [4.69, 9.17) is 24.1 Å². The van der Waals surface area contributed by atoms with Crippen LogP contribution in [0.25, 0.3) is 0 Å². The Labute approximate surface area is 161 Å². The minimum absolute atomic E-state index is 0.0129. The van der Waals surface area contributed by atoms with Crippen molar-refractivity contribution in [3.05, 3.63) is 0 Å². The van der Waals surface area contributed by atoms with E-state index in [1.165, 1.54) is 0 Å². The molecule has 0 aromatic rings. The zero-order chi connectivity index (χ0) is 20.9. The van der Waals surface area contributed by atoms with Crippen LogP contribution in [0.1, 0.15) is 12.8 Å². The fourth-order valence-corrected chi connectivity index (χ4v) is 3.13. The molecule has 0 aromatic heterocycles. The van der Waals surface area contributed by atoms with E-state index in [-0.39, 0.29) is 19.8 Å². The summed E-state index contributed by atoms with van der Waals surface area (Å²) < 4.78 is 21.4. The maximum absolute atomic E-state index is 10.2. The van der Waals surface area contributed by atoms with Gasteiger partial charge in [0.25, 0.3) is 0 Å². The van der Waals surface area contributed by atoms with Gasteiger partial charge in [-0.2, -0.15) is 0 Å². The summed E-state index contributed by atoms with van der Waals surface area (Å²) in [5.74, 6) is -2.22. The molecular weight excluding hydrogens is 384 g/mol. The van der Waals surface area contributed by atoms with Gasteiger partial charge in [0.2, 0.25) is 5.79 Å². The zero-order valence-electron chi connectivity index (χ0n) is 15.3. The van der Waals surface area contributed by atoms with Crippen LogP contribution in [-0.4, -0.2) is 129 Å². The lowest BCUT2D eigenvalue weighted by atomic mass is 9.99. The molecule has 0 amide bonds. The van der Waals surface area contributed by atoms with Crippen LogP contribution in [-0.2, 0) is 18.9 Å². The fraction of sp³-hybridized carbons (Fsp3) is 1.00. The molecule has 0 aromatic carbocycles. The lowest BCUT2D eigenvalue weighted by Crippen LogP contribution is -2.62. The van der Waals surface area contributed by atoms with E-state index < -0.39 is 68.0 Å². The molecule has 2 fully saturated rings. The highest BCUT2D eigenvalue weighted by molar-refractivity contribution is 4.98. The Morgan fingerprint density at radius 2 is 1.54 bits per heavy atom. The van der Waals surface area contributed by atoms with Gasteiger partial charge in [-0.25, -0.2) is 0 Å². The third-order valence-corrected chi connectivity index (χ3v) is 4.87. The SMILES string of the molecule is OCCCCOC[C@H]1O[C@H](O[C@]2(CO)O[C@H](CO)[C@@H](O)[C@@H]2O)[C@H](O)[C@@H](O)[C@@H]1O. The summed E-state index contributed by atoms with van der Waals surface area (Å²) in [5, 5.41) is 77.9. The molecule has 2 saturated heterocycles. The van der Waals surface area contributed by atoms with Crippen molar-refractivity contribution in [2.45, 2.75) is 67.6 Å². The molecule has 12 nitrogen and oxygen atoms in total. The van der Waals surface area contributed by atoms with Crippen LogP contribution in [0.4, 0.5) is 0 Å². The first kappa shape index (κ1) is 23.8. The molecule has 2 heterocycles. The van der Waals surface area contributed by atoms with E-state index >= 15 is 0 Å². The van der Waals surface area contributed by atoms with Gasteiger partial charge in [0.1, 0.15) is 49.3 Å². The molecule has 28 heavy (non-hydrogen) atoms. The van der Waals surface area contributed by atoms with Crippen molar-refractivity contribution in [2.24, 2.45) is 0 Å². The molecule has 9 atom stereocenters. The van der Waals surface area contributed by atoms with Gasteiger partial charge in [0.15, 0.2) is 6.29 Å². The third-order valence-electron chi connectivity index (χ3n) is 4.87. The summed E-state index contributed by atoms with van der Waals surface area (Å²) in [4.78, 5) is 0. The van der Waals surface area contributed by atoms with E-state index in [9.17, 15) is 35.7 Å². The van der Waals surface area contributed by atoms with Gasteiger partial charge in [-0.05, 0) is 12.8 Å². The van der Waals surface area contributed by atoms with Crippen molar-refractivity contribution >= 4 is 0 Å². The third kappa shape index (κ3) is 4.98. The Bertz CT molecular complexity index is 467. The Kier molecular flexibility index (Phi) is 8.94. The first-order chi connectivity index (χ1) is 13.3. The summed E-state index contributed by atoms with van der Waals surface area (Å²) in [6, 6.07) is 0. The van der Waals surface area contributed by atoms with Gasteiger partial charge in [-0.1, -0.05) is 0 Å². The monoisotopic (exact) mass is 414 g/mol. The zero-order valence-corrected chi connectivity index (χ0v) is 15.3. The summed E-state index contributed by atoms with van der Waals surface area (Å²) in [7, 11) is 0. The van der Waals surface area contributed by atoms with E-state index in [0.717, 1.165) is 0 Å². The Morgan fingerprint density at radius 3 is 2.11 bits per heavy atom. The molecule has 8 N–H and O–H groups in total. The molecule has 0 saturated carbocycles. The smallest absolute Gasteiger partial charge is 0.224 e. The Balaban J connectivity index is 2.04. The number of hydrogen-bond acceptors (Lipinski definition) is 12. The molecule has 0 aliphatic carbocycles. The van der Waals surface area contributed by atoms with Gasteiger partial charge >= 0.3 is 0 Å². The second-order valence-corrected chi connectivity index (χ2v) is 6.88. The average molecular weight is 414 g/mol. The topological polar surface area (TPSA) is 199 Å². The lowest BCUT2D eigenvalue weighted by molar-refractivity contribution is -0.384. The summed E-state index contributed by atoms with van der Waals surface area (Å²) in [5.41, 5.74) is 0. The second kappa shape index (κ2) is 10.5. The predicted octanol–water partition coefficient (Wildman–Crippen LogP) is -4.60. The normalized spacial score (nSPS) is 44.1. The first-order valence-corrected chi connectivity index (χ1v) is 9.13. The van der Waals surface area contributed by atoms with Crippen LogP contribution in [0, 0.1) is 0 Å². The standard InChI is InChI=1S/C16H30O12/c17-3-1-2-4-25-6-9-10(20)12(22)13(23)15(26-9)28-16(7-19)14(24)11(21)8(5-18)27-16/h8-15,17-24H,1-7H2/t8-,9-,10-,11-,12+,13-,14+,15-,16+/m1/s1. The number of aliphatic hydroxyl groups excluding tert-OH is 8. The number of hydrogen-bond donors (Lipinski definition) is 8. The minimum atomic E-state index is -2.22. The molecule has 2 rings (SSSR count). The Morgan fingerprint density at radius 1 is 0.821 bits per heavy atom. The molecule has 12 heteroatoms. The van der Waals surface area contributed by atoms with E-state index in [1.54, 1.807) is 0 Å². The lowest BCUT2D eigenvalue weighted by Gasteiger charge is -2.43. The Hall–Kier alpha value is -0.480. The van der Waals surface area contributed by atoms with Gasteiger partial charge in [0.05, 0.1) is 13.2 Å². The number of aliphatic hydroxyl groups is 8. The largest absolute Gasteiger partial charge is 0.396 e. The number of rotatable bonds is 10. The molecule has 2 aliphatic rings. The molecular formula is C16H30O12. The number of unbranched alkanes of at least 4 members (excludes halogenated alkanes) is 1. The van der Waals surface area contributed by atoms with Crippen LogP contribution >= 0.6 is 0 Å². The highest BCUT2D eigenvalue weighted by atomic mass is 16.8. The minimum Gasteiger partial charge on any atom is -0.396 e. The summed E-state index contributed by atoms with van der Waals surface area (Å²) >= 11 is 0. The van der Waals surface area contributed by atoms with Crippen molar-refractivity contribution in [1.29, 1.82) is 0 Å². The van der Waals surface area contributed by atoms with Crippen molar-refractivity contribution in [3.8, 4) is 0 Å². The van der Waals surface area contributed by atoms with Crippen molar-refractivity contribution in [1.82, 2.24) is 0 Å². The average Bonchev–Trinajstić information content (AvgIpc) is 2.94. The van der Waals surface area contributed by atoms with Crippen LogP contribution in [0.5, 0.6) is 0 Å². The van der Waals surface area contributed by atoms with E-state index in [2.05, 4.69) is 0 Å². The maximum Gasteiger partial charge on any atom is 0.224 e. The van der Waals surface area contributed by atoms with E-state index in [1.807, 2.05) is 0 Å². The van der Waals surface area contributed by atoms with Gasteiger partial charge < -0.3 is 59.8 Å². The highest BCUT2D eigenvalue weighted by Crippen LogP contribution is 2.35. The second-order valence-electron chi connectivity index (χ2n) is 6.88. The van der Waals surface area contributed by atoms with Crippen LogP contribution in [0.2, 0.25) is 0 Å². The van der Waals surface area contributed by atoms with Gasteiger partial charge in [0, 0.05) is 13.2 Å². The van der Waals surface area contributed by atoms with Crippen LogP contribution in [0.3, 0.4) is 0 Å². The summed E-state index contributed by atoms with van der Waals surface area (Å²) in [6.45, 7) is -1.49. The maximum atomic E-state index is 10.2. The van der Waals surface area contributed by atoms with Crippen molar-refractivity contribution in [2.75, 3.05) is 33.0 Å². The van der Waals surface area contributed by atoms with Crippen molar-refractivity contribution in [3.63, 3.8) is 0 Å². The van der Waals surface area contributed by atoms with Gasteiger partial charge in [-0.15, -0.1) is 0 Å². The van der Waals surface area contributed by atoms with Crippen LogP contribution in [0.15, 0.2) is 0 Å². The van der Waals surface area contributed by atoms with Gasteiger partial charge in [-0.3, -0.25) is 0 Å². The number of ether oxygens (including phenoxy) is 4. The molecule has 0 bridgehead atoms. The van der Waals surface area contributed by atoms with E-state index in [0.29, 0.717) is 12.8 Å². The molecule has 0 spiro atoms. The molecule has 2 aliphatic heterocycles. The fourth-order valence-electron chi connectivity index (χ4n) is 3.13. The highest BCUT2D eigenvalue weighted by Gasteiger charge is 2.58. The molecule has 166 valence electrons. The first-order valence-electron chi connectivity index (χ1n) is 9.13. The predicted molar refractivity (Wildman–Crippen MR) is 88.7 cm³/mol. The quantitative estimate of drug-likeness (QED) is 0.159.